The van der Waals surface area contributed by atoms with Gasteiger partial charge in [-0.1, -0.05) is 35.9 Å². The van der Waals surface area contributed by atoms with Crippen LogP contribution in [0.5, 0.6) is 0 Å². The molecule has 4 rings (SSSR count). The normalized spacial score (nSPS) is 12.2. The van der Waals surface area contributed by atoms with Crippen molar-refractivity contribution >= 4 is 39.4 Å². The summed E-state index contributed by atoms with van der Waals surface area (Å²) in [6, 6.07) is 15.5. The maximum atomic E-state index is 12.9. The summed E-state index contributed by atoms with van der Waals surface area (Å²) in [4.78, 5) is 32.5. The molecule has 0 radical (unpaired) electrons. The molecule has 0 saturated carbocycles. The minimum atomic E-state index is -1.27. The zero-order valence-corrected chi connectivity index (χ0v) is 13.9. The molecule has 2 heterocycles. The van der Waals surface area contributed by atoms with Gasteiger partial charge >= 0.3 is 0 Å². The van der Waals surface area contributed by atoms with Gasteiger partial charge < -0.3 is 9.40 Å². The SMILES string of the molecule is N#CC(C(=O)c1oc2ccccc2c(=O)c1Cl)c1nc2ccccc2[nH]1. The number of H-pyrrole nitrogens is 1. The lowest BCUT2D eigenvalue weighted by molar-refractivity contribution is 0.0950. The van der Waals surface area contributed by atoms with Crippen molar-refractivity contribution in [2.24, 2.45) is 0 Å². The van der Waals surface area contributed by atoms with Crippen LogP contribution in [-0.4, -0.2) is 15.8 Å². The first-order valence-electron chi connectivity index (χ1n) is 7.70. The van der Waals surface area contributed by atoms with E-state index in [1.165, 1.54) is 0 Å². The summed E-state index contributed by atoms with van der Waals surface area (Å²) < 4.78 is 5.54. The number of rotatable bonds is 3. The number of aromatic nitrogens is 2. The Balaban J connectivity index is 1.85. The van der Waals surface area contributed by atoms with E-state index in [0.29, 0.717) is 11.0 Å². The Morgan fingerprint density at radius 3 is 2.69 bits per heavy atom. The second-order valence-corrected chi connectivity index (χ2v) is 6.01. The number of carbonyl (C=O) groups is 1. The van der Waals surface area contributed by atoms with Gasteiger partial charge in [0, 0.05) is 0 Å². The van der Waals surface area contributed by atoms with Crippen LogP contribution in [0.4, 0.5) is 0 Å². The molecule has 1 N–H and O–H groups in total. The molecule has 0 aliphatic carbocycles. The number of hydrogen-bond donors (Lipinski definition) is 1. The van der Waals surface area contributed by atoms with Crippen LogP contribution in [0.25, 0.3) is 22.0 Å². The predicted molar refractivity (Wildman–Crippen MR) is 96.3 cm³/mol. The third-order valence-corrected chi connectivity index (χ3v) is 4.38. The number of Topliss-reactive ketones (excluding diaryl/α,β-unsaturated/α-hetero) is 1. The highest BCUT2D eigenvalue weighted by atomic mass is 35.5. The van der Waals surface area contributed by atoms with Crippen molar-refractivity contribution in [2.75, 3.05) is 0 Å². The minimum Gasteiger partial charge on any atom is -0.451 e. The lowest BCUT2D eigenvalue weighted by atomic mass is 10.0. The highest BCUT2D eigenvalue weighted by molar-refractivity contribution is 6.34. The van der Waals surface area contributed by atoms with Crippen molar-refractivity contribution in [2.45, 2.75) is 5.92 Å². The molecule has 6 nitrogen and oxygen atoms in total. The van der Waals surface area contributed by atoms with Gasteiger partial charge in [0.2, 0.25) is 11.2 Å². The Bertz CT molecular complexity index is 1230. The first kappa shape index (κ1) is 16.1. The highest BCUT2D eigenvalue weighted by Crippen LogP contribution is 2.26. The number of ketones is 1. The maximum absolute atomic E-state index is 12.9. The third-order valence-electron chi connectivity index (χ3n) is 4.04. The summed E-state index contributed by atoms with van der Waals surface area (Å²) in [5, 5.41) is 9.44. The number of hydrogen-bond acceptors (Lipinski definition) is 5. The fourth-order valence-corrected chi connectivity index (χ4v) is 3.00. The number of nitrogens with zero attached hydrogens (tertiary/aromatic N) is 2. The van der Waals surface area contributed by atoms with Crippen LogP contribution in [-0.2, 0) is 0 Å². The molecular weight excluding hydrogens is 354 g/mol. The molecule has 126 valence electrons. The summed E-state index contributed by atoms with van der Waals surface area (Å²) in [7, 11) is 0. The quantitative estimate of drug-likeness (QED) is 0.558. The van der Waals surface area contributed by atoms with E-state index in [1.807, 2.05) is 12.1 Å². The van der Waals surface area contributed by atoms with Crippen molar-refractivity contribution in [1.29, 1.82) is 5.26 Å². The lowest BCUT2D eigenvalue weighted by Gasteiger charge is -2.07. The average molecular weight is 364 g/mol. The molecule has 0 fully saturated rings. The van der Waals surface area contributed by atoms with Crippen molar-refractivity contribution in [1.82, 2.24) is 9.97 Å². The molecule has 0 spiro atoms. The zero-order chi connectivity index (χ0) is 18.3. The van der Waals surface area contributed by atoms with Gasteiger partial charge in [0.15, 0.2) is 11.7 Å². The number of imidazole rings is 1. The Morgan fingerprint density at radius 1 is 1.19 bits per heavy atom. The van der Waals surface area contributed by atoms with Gasteiger partial charge in [-0.05, 0) is 24.3 Å². The zero-order valence-electron chi connectivity index (χ0n) is 13.2. The van der Waals surface area contributed by atoms with Gasteiger partial charge in [-0.3, -0.25) is 9.59 Å². The van der Waals surface area contributed by atoms with Crippen molar-refractivity contribution in [3.05, 3.63) is 75.4 Å². The van der Waals surface area contributed by atoms with Gasteiger partial charge in [0.1, 0.15) is 16.4 Å². The number of aromatic amines is 1. The average Bonchev–Trinajstić information content (AvgIpc) is 3.08. The van der Waals surface area contributed by atoms with Gasteiger partial charge in [-0.15, -0.1) is 0 Å². The van der Waals surface area contributed by atoms with Gasteiger partial charge in [0.05, 0.1) is 22.5 Å². The predicted octanol–water partition coefficient (Wildman–Crippen LogP) is 3.81. The Kier molecular flexibility index (Phi) is 3.79. The van der Waals surface area contributed by atoms with E-state index in [2.05, 4.69) is 9.97 Å². The molecule has 1 unspecified atom stereocenters. The van der Waals surface area contributed by atoms with Crippen molar-refractivity contribution in [3.8, 4) is 6.07 Å². The van der Waals surface area contributed by atoms with E-state index >= 15 is 0 Å². The first-order valence-corrected chi connectivity index (χ1v) is 8.07. The molecule has 0 amide bonds. The van der Waals surface area contributed by atoms with Gasteiger partial charge in [0.25, 0.3) is 0 Å². The maximum Gasteiger partial charge on any atom is 0.224 e. The van der Waals surface area contributed by atoms with Gasteiger partial charge in [-0.25, -0.2) is 4.98 Å². The van der Waals surface area contributed by atoms with E-state index in [-0.39, 0.29) is 27.6 Å². The van der Waals surface area contributed by atoms with Crippen LogP contribution in [0, 0.1) is 11.3 Å². The number of carbonyl (C=O) groups excluding carboxylic acids is 1. The van der Waals surface area contributed by atoms with E-state index in [9.17, 15) is 14.9 Å². The molecule has 0 saturated heterocycles. The van der Waals surface area contributed by atoms with Crippen LogP contribution in [0.3, 0.4) is 0 Å². The summed E-state index contributed by atoms with van der Waals surface area (Å²) in [5.41, 5.74) is 1.04. The molecule has 0 aliphatic heterocycles. The van der Waals surface area contributed by atoms with Crippen LogP contribution < -0.4 is 5.43 Å². The van der Waals surface area contributed by atoms with Crippen LogP contribution in [0.2, 0.25) is 5.02 Å². The minimum absolute atomic E-state index is 0.172. The fourth-order valence-electron chi connectivity index (χ4n) is 2.76. The molecular formula is C19H10ClN3O3. The monoisotopic (exact) mass is 363 g/mol. The topological polar surface area (TPSA) is 99.8 Å². The molecule has 2 aromatic heterocycles. The van der Waals surface area contributed by atoms with Crippen LogP contribution in [0.1, 0.15) is 22.3 Å². The largest absolute Gasteiger partial charge is 0.451 e. The van der Waals surface area contributed by atoms with Crippen LogP contribution in [0.15, 0.2) is 57.7 Å². The molecule has 26 heavy (non-hydrogen) atoms. The van der Waals surface area contributed by atoms with Crippen LogP contribution >= 0.6 is 11.6 Å². The highest BCUT2D eigenvalue weighted by Gasteiger charge is 2.30. The van der Waals surface area contributed by atoms with E-state index in [1.54, 1.807) is 42.5 Å². The summed E-state index contributed by atoms with van der Waals surface area (Å²) in [6.07, 6.45) is 0. The summed E-state index contributed by atoms with van der Waals surface area (Å²) in [6.45, 7) is 0. The number of fused-ring (bicyclic) bond motifs is 2. The van der Waals surface area contributed by atoms with E-state index in [4.69, 9.17) is 16.0 Å². The molecule has 2 aromatic carbocycles. The number of nitrogens with one attached hydrogen (secondary N) is 1. The Hall–Kier alpha value is -3.43. The van der Waals surface area contributed by atoms with Gasteiger partial charge in [-0.2, -0.15) is 5.26 Å². The fraction of sp³-hybridized carbons (Fsp3) is 0.0526. The first-order chi connectivity index (χ1) is 12.6. The number of para-hydroxylation sites is 3. The number of halogens is 1. The molecule has 1 atom stereocenters. The van der Waals surface area contributed by atoms with Crippen molar-refractivity contribution < 1.29 is 9.21 Å². The molecule has 7 heteroatoms. The Labute approximate surface area is 151 Å². The van der Waals surface area contributed by atoms with E-state index in [0.717, 1.165) is 0 Å². The third kappa shape index (κ3) is 2.46. The second-order valence-electron chi connectivity index (χ2n) is 5.64. The summed E-state index contributed by atoms with van der Waals surface area (Å²) in [5.74, 6) is -2.17. The summed E-state index contributed by atoms with van der Waals surface area (Å²) >= 11 is 6.07. The number of benzene rings is 2. The van der Waals surface area contributed by atoms with Crippen molar-refractivity contribution in [3.63, 3.8) is 0 Å². The molecule has 0 bridgehead atoms. The van der Waals surface area contributed by atoms with E-state index < -0.39 is 17.1 Å². The standard InChI is InChI=1S/C19H10ClN3O3/c20-15-16(24)10-5-1-4-8-14(10)26-18(15)17(25)11(9-21)19-22-12-6-2-3-7-13(12)23-19/h1-8,11H,(H,22,23). The smallest absolute Gasteiger partial charge is 0.224 e. The Morgan fingerprint density at radius 2 is 1.92 bits per heavy atom. The molecule has 0 aliphatic rings. The lowest BCUT2D eigenvalue weighted by Crippen LogP contribution is -2.17. The second kappa shape index (κ2) is 6.14. The number of nitriles is 1. The molecule has 4 aromatic rings.